The molecule has 0 N–H and O–H groups in total. The Bertz CT molecular complexity index is 1090. The average Bonchev–Trinajstić information content (AvgIpc) is 3.13. The minimum atomic E-state index is -0.0915. The fourth-order valence-corrected chi connectivity index (χ4v) is 5.44. The number of nitrogens with zero attached hydrogens (tertiary/aromatic N) is 2. The van der Waals surface area contributed by atoms with E-state index in [1.807, 2.05) is 0 Å². The number of allylic oxidation sites excluding steroid dienone is 4. The average molecular weight is 429 g/mol. The van der Waals surface area contributed by atoms with Crippen LogP contribution in [0, 0.1) is 0 Å². The van der Waals surface area contributed by atoms with E-state index < -0.39 is 0 Å². The van der Waals surface area contributed by atoms with Crippen LogP contribution in [0.2, 0.25) is 0 Å². The molecule has 0 aliphatic carbocycles. The van der Waals surface area contributed by atoms with E-state index in [4.69, 9.17) is 0 Å². The minimum absolute atomic E-state index is 0.0306. The first kappa shape index (κ1) is 22.5. The van der Waals surface area contributed by atoms with Crippen LogP contribution < -0.4 is 10.0 Å². The predicted molar refractivity (Wildman–Crippen MR) is 133 cm³/mol. The number of para-hydroxylation sites is 2. The van der Waals surface area contributed by atoms with Gasteiger partial charge in [0.15, 0.2) is 5.71 Å². The van der Waals surface area contributed by atoms with E-state index in [1.54, 1.807) is 0 Å². The van der Waals surface area contributed by atoms with E-state index in [2.05, 4.69) is 111 Å². The second-order valence-electron chi connectivity index (χ2n) is 9.94. The molecule has 0 unspecified atom stereocenters. The van der Waals surface area contributed by atoms with Crippen molar-refractivity contribution in [1.29, 1.82) is 0 Å². The lowest BCUT2D eigenvalue weighted by Gasteiger charge is -2.27. The van der Waals surface area contributed by atoms with Gasteiger partial charge in [0.2, 0.25) is 5.69 Å². The minimum Gasteiger partial charge on any atom is -0.854 e. The van der Waals surface area contributed by atoms with Gasteiger partial charge in [-0.05, 0) is 31.6 Å². The van der Waals surface area contributed by atoms with Gasteiger partial charge in [0.05, 0.1) is 5.41 Å². The van der Waals surface area contributed by atoms with Gasteiger partial charge >= 0.3 is 0 Å². The second-order valence-corrected chi connectivity index (χ2v) is 9.94. The van der Waals surface area contributed by atoms with Crippen molar-refractivity contribution in [3.63, 3.8) is 0 Å². The molecule has 0 radical (unpaired) electrons. The highest BCUT2D eigenvalue weighted by Crippen LogP contribution is 2.47. The molecule has 3 heteroatoms. The van der Waals surface area contributed by atoms with Crippen molar-refractivity contribution < 1.29 is 9.68 Å². The molecule has 0 amide bonds. The van der Waals surface area contributed by atoms with Crippen LogP contribution in [0.4, 0.5) is 11.4 Å². The van der Waals surface area contributed by atoms with Crippen LogP contribution in [0.1, 0.15) is 58.6 Å². The van der Waals surface area contributed by atoms with E-state index in [-0.39, 0.29) is 17.4 Å². The first-order valence-corrected chi connectivity index (χ1v) is 11.9. The molecule has 2 aromatic carbocycles. The lowest BCUT2D eigenvalue weighted by molar-refractivity contribution is -0.437. The molecular formula is C29H36N2O. The molecule has 2 aromatic rings. The summed E-state index contributed by atoms with van der Waals surface area (Å²) < 4.78 is 2.48. The Hall–Kier alpha value is -2.65. The summed E-state index contributed by atoms with van der Waals surface area (Å²) in [5, 5.41) is 11.3. The van der Waals surface area contributed by atoms with E-state index in [9.17, 15) is 5.11 Å². The van der Waals surface area contributed by atoms with Gasteiger partial charge in [0.25, 0.3) is 0 Å². The van der Waals surface area contributed by atoms with Crippen LogP contribution in [0.5, 0.6) is 0 Å². The van der Waals surface area contributed by atoms with Gasteiger partial charge in [0.1, 0.15) is 6.54 Å². The normalized spacial score (nSPS) is 19.8. The molecular weight excluding hydrogens is 392 g/mol. The molecule has 168 valence electrons. The summed E-state index contributed by atoms with van der Waals surface area (Å²) in [5.41, 5.74) is 7.78. The molecule has 0 atom stereocenters. The highest BCUT2D eigenvalue weighted by atomic mass is 16.3. The zero-order valence-electron chi connectivity index (χ0n) is 20.2. The molecule has 0 saturated carbocycles. The number of hydrogen-bond donors (Lipinski definition) is 0. The fourth-order valence-electron chi connectivity index (χ4n) is 5.44. The maximum Gasteiger partial charge on any atom is 0.209 e. The van der Waals surface area contributed by atoms with Crippen molar-refractivity contribution in [2.45, 2.75) is 58.3 Å². The quantitative estimate of drug-likeness (QED) is 0.548. The van der Waals surface area contributed by atoms with Crippen LogP contribution in [-0.4, -0.2) is 30.0 Å². The number of anilines is 1. The Morgan fingerprint density at radius 1 is 0.938 bits per heavy atom. The first-order chi connectivity index (χ1) is 15.3. The van der Waals surface area contributed by atoms with E-state index >= 15 is 0 Å². The van der Waals surface area contributed by atoms with Gasteiger partial charge in [0, 0.05) is 47.5 Å². The fraction of sp³-hybridized carbons (Fsp3) is 0.414. The molecule has 2 aliphatic rings. The van der Waals surface area contributed by atoms with Crippen LogP contribution in [0.15, 0.2) is 72.5 Å². The third kappa shape index (κ3) is 3.63. The van der Waals surface area contributed by atoms with Gasteiger partial charge in [-0.2, -0.15) is 4.58 Å². The summed E-state index contributed by atoms with van der Waals surface area (Å²) in [6.45, 7) is 13.2. The molecule has 0 bridgehead atoms. The summed E-state index contributed by atoms with van der Waals surface area (Å²) in [6.07, 6.45) is 8.54. The highest BCUT2D eigenvalue weighted by molar-refractivity contribution is 6.03. The van der Waals surface area contributed by atoms with Crippen LogP contribution in [0.25, 0.3) is 0 Å². The molecule has 0 saturated heterocycles. The lowest BCUT2D eigenvalue weighted by atomic mass is 9.81. The maximum absolute atomic E-state index is 11.3. The summed E-state index contributed by atoms with van der Waals surface area (Å²) in [4.78, 5) is 2.35. The molecule has 2 aliphatic heterocycles. The van der Waals surface area contributed by atoms with E-state index in [1.165, 1.54) is 33.9 Å². The van der Waals surface area contributed by atoms with Crippen molar-refractivity contribution in [2.75, 3.05) is 24.6 Å². The molecule has 2 heterocycles. The Morgan fingerprint density at radius 2 is 1.62 bits per heavy atom. The summed E-state index contributed by atoms with van der Waals surface area (Å²) in [7, 11) is 0. The second kappa shape index (κ2) is 8.71. The van der Waals surface area contributed by atoms with Crippen molar-refractivity contribution in [3.05, 3.63) is 83.6 Å². The topological polar surface area (TPSA) is 29.3 Å². The van der Waals surface area contributed by atoms with E-state index in [0.29, 0.717) is 6.42 Å². The number of fused-ring (bicyclic) bond motifs is 2. The van der Waals surface area contributed by atoms with Crippen molar-refractivity contribution in [3.8, 4) is 0 Å². The zero-order valence-corrected chi connectivity index (χ0v) is 20.2. The molecule has 32 heavy (non-hydrogen) atoms. The smallest absolute Gasteiger partial charge is 0.209 e. The monoisotopic (exact) mass is 428 g/mol. The maximum atomic E-state index is 11.3. The van der Waals surface area contributed by atoms with Crippen LogP contribution in [-0.2, 0) is 10.8 Å². The molecule has 0 spiro atoms. The highest BCUT2D eigenvalue weighted by Gasteiger charge is 2.44. The van der Waals surface area contributed by atoms with Crippen LogP contribution in [0.3, 0.4) is 0 Å². The molecule has 3 nitrogen and oxygen atoms in total. The zero-order chi connectivity index (χ0) is 22.9. The summed E-state index contributed by atoms with van der Waals surface area (Å²) in [6, 6.07) is 17.4. The van der Waals surface area contributed by atoms with Crippen molar-refractivity contribution in [2.24, 2.45) is 0 Å². The van der Waals surface area contributed by atoms with E-state index in [0.717, 1.165) is 19.5 Å². The van der Waals surface area contributed by atoms with Crippen molar-refractivity contribution >= 4 is 17.1 Å². The SMILES string of the molecule is CCC[N+]1=C(/C=C/C=C2/N(CCC[O-])c3ccccc3C2(C)C)C(C)(C)c2ccccc21. The predicted octanol–water partition coefficient (Wildman–Crippen LogP) is 5.46. The standard InChI is InChI=1S/C29H36N2O/c1-6-19-30-24-15-9-7-13-22(24)28(2,3)26(30)17-11-18-27-29(4,5)23-14-8-10-16-25(23)31(27)20-12-21-32/h7-11,13-18H,6,12,19-21H2,1-5H3. The van der Waals surface area contributed by atoms with Gasteiger partial charge in [-0.15, -0.1) is 6.61 Å². The van der Waals surface area contributed by atoms with Crippen molar-refractivity contribution in [1.82, 2.24) is 0 Å². The number of rotatable bonds is 7. The number of hydrogen-bond acceptors (Lipinski definition) is 2. The van der Waals surface area contributed by atoms with Gasteiger partial charge in [-0.3, -0.25) is 0 Å². The van der Waals surface area contributed by atoms with Gasteiger partial charge in [-0.1, -0.05) is 69.7 Å². The van der Waals surface area contributed by atoms with Gasteiger partial charge in [-0.25, -0.2) is 0 Å². The summed E-state index contributed by atoms with van der Waals surface area (Å²) >= 11 is 0. The third-order valence-electron chi connectivity index (χ3n) is 7.08. The Kier molecular flexibility index (Phi) is 6.13. The van der Waals surface area contributed by atoms with Gasteiger partial charge < -0.3 is 10.0 Å². The Balaban J connectivity index is 1.74. The Labute approximate surface area is 193 Å². The first-order valence-electron chi connectivity index (χ1n) is 11.9. The molecule has 4 rings (SSSR count). The Morgan fingerprint density at radius 3 is 2.34 bits per heavy atom. The molecule has 0 fully saturated rings. The molecule has 0 aromatic heterocycles. The number of benzene rings is 2. The van der Waals surface area contributed by atoms with Crippen LogP contribution >= 0.6 is 0 Å². The third-order valence-corrected chi connectivity index (χ3v) is 7.08. The summed E-state index contributed by atoms with van der Waals surface area (Å²) in [5.74, 6) is 0. The largest absolute Gasteiger partial charge is 0.854 e. The lowest BCUT2D eigenvalue weighted by Crippen LogP contribution is -2.29.